The quantitative estimate of drug-likeness (QED) is 0.280. The molecule has 3 aliphatic heterocycles. The van der Waals surface area contributed by atoms with Gasteiger partial charge in [-0.2, -0.15) is 0 Å². The van der Waals surface area contributed by atoms with Gasteiger partial charge < -0.3 is 14.4 Å². The summed E-state index contributed by atoms with van der Waals surface area (Å²) in [6, 6.07) is 20.4. The maximum Gasteiger partial charge on any atom is 0.264 e. The molecule has 2 bridgehead atoms. The maximum atomic E-state index is 13.7. The number of rotatable bonds is 3. The number of halogens is 1. The van der Waals surface area contributed by atoms with Crippen LogP contribution in [-0.4, -0.2) is 70.0 Å². The molecule has 0 saturated heterocycles. The molecule has 3 aromatic carbocycles. The predicted molar refractivity (Wildman–Crippen MR) is 210 cm³/mol. The Hall–Kier alpha value is -3.37. The van der Waals surface area contributed by atoms with E-state index in [2.05, 4.69) is 63.1 Å². The third-order valence-electron chi connectivity index (χ3n) is 13.3. The van der Waals surface area contributed by atoms with Gasteiger partial charge in [0.05, 0.1) is 17.5 Å². The fourth-order valence-electron chi connectivity index (χ4n) is 9.85. The summed E-state index contributed by atoms with van der Waals surface area (Å²) in [6.45, 7) is 8.22. The second kappa shape index (κ2) is 14.4. The minimum atomic E-state index is -3.96. The summed E-state index contributed by atoms with van der Waals surface area (Å²) in [5, 5.41) is -0.0344. The number of methoxy groups -OCH3 is 1. The van der Waals surface area contributed by atoms with Crippen molar-refractivity contribution in [3.05, 3.63) is 106 Å². The molecule has 5 aliphatic rings. The fraction of sp³-hybridized carbons (Fsp3) is 0.512. The average Bonchev–Trinajstić information content (AvgIpc) is 3.28. The number of benzene rings is 3. The number of carbonyl (C=O) groups is 1. The Morgan fingerprint density at radius 2 is 1.85 bits per heavy atom. The molecule has 8 nitrogen and oxygen atoms in total. The van der Waals surface area contributed by atoms with Gasteiger partial charge in [-0.3, -0.25) is 9.69 Å². The van der Waals surface area contributed by atoms with E-state index in [9.17, 15) is 13.2 Å². The number of anilines is 1. The topological polar surface area (TPSA) is 88.2 Å². The van der Waals surface area contributed by atoms with Gasteiger partial charge in [-0.05, 0) is 122 Å². The first kappa shape index (κ1) is 36.6. The zero-order chi connectivity index (χ0) is 37.0. The lowest BCUT2D eigenvalue weighted by Crippen LogP contribution is -2.57. The highest BCUT2D eigenvalue weighted by molar-refractivity contribution is 7.90. The zero-order valence-electron chi connectivity index (χ0n) is 31.2. The molecule has 1 amide bonds. The Balaban J connectivity index is 1.20. The van der Waals surface area contributed by atoms with Gasteiger partial charge in [0, 0.05) is 55.8 Å². The summed E-state index contributed by atoms with van der Waals surface area (Å²) in [5.41, 5.74) is 5.66. The Morgan fingerprint density at radius 1 is 1.02 bits per heavy atom. The molecule has 1 saturated carbocycles. The molecular weight excluding hydrogens is 706 g/mol. The third-order valence-corrected chi connectivity index (χ3v) is 15.4. The van der Waals surface area contributed by atoms with Crippen molar-refractivity contribution in [2.24, 2.45) is 17.8 Å². The molecule has 3 aromatic rings. The number of sulfonamides is 1. The molecule has 53 heavy (non-hydrogen) atoms. The highest BCUT2D eigenvalue weighted by Gasteiger charge is 2.50. The molecule has 282 valence electrons. The van der Waals surface area contributed by atoms with E-state index in [1.54, 1.807) is 13.0 Å². The Labute approximate surface area is 319 Å². The SMILES string of the molecule is CO[C@@]1(CN2CCc3ccccc3C2)/C=C/C[C@H](C)[C@@H](C)S(=O)(=O)NC(=O)c2ccc3c(c2)N(C[C@@H]2CC[C@H]21)C[C@@]1(CCCc2cc(Cl)ccc21)CO3. The number of fused-ring (bicyclic) bond motifs is 5. The van der Waals surface area contributed by atoms with Gasteiger partial charge in [0.15, 0.2) is 0 Å². The minimum absolute atomic E-state index is 0.224. The lowest BCUT2D eigenvalue weighted by atomic mass is 9.63. The minimum Gasteiger partial charge on any atom is -0.490 e. The van der Waals surface area contributed by atoms with Gasteiger partial charge in [0.2, 0.25) is 10.0 Å². The van der Waals surface area contributed by atoms with Gasteiger partial charge in [-0.25, -0.2) is 13.1 Å². The van der Waals surface area contributed by atoms with Crippen molar-refractivity contribution in [2.75, 3.05) is 44.8 Å². The number of aryl methyl sites for hydroxylation is 1. The Bertz CT molecular complexity index is 2020. The predicted octanol–water partition coefficient (Wildman–Crippen LogP) is 7.33. The average molecular weight is 758 g/mol. The van der Waals surface area contributed by atoms with Crippen LogP contribution in [-0.2, 0) is 39.6 Å². The van der Waals surface area contributed by atoms with Crippen molar-refractivity contribution in [3.63, 3.8) is 0 Å². The summed E-state index contributed by atoms with van der Waals surface area (Å²) in [6.07, 6.45) is 11.1. The lowest BCUT2D eigenvalue weighted by Gasteiger charge is -2.52. The second-order valence-electron chi connectivity index (χ2n) is 16.4. The molecule has 6 atom stereocenters. The van der Waals surface area contributed by atoms with Crippen molar-refractivity contribution in [1.29, 1.82) is 0 Å². The van der Waals surface area contributed by atoms with Crippen LogP contribution in [0.15, 0.2) is 72.8 Å². The summed E-state index contributed by atoms with van der Waals surface area (Å²) in [4.78, 5) is 18.6. The lowest BCUT2D eigenvalue weighted by molar-refractivity contribution is -0.0932. The largest absolute Gasteiger partial charge is 0.490 e. The first-order valence-electron chi connectivity index (χ1n) is 19.4. The summed E-state index contributed by atoms with van der Waals surface area (Å²) in [5.74, 6) is 0.451. The van der Waals surface area contributed by atoms with Gasteiger partial charge in [-0.1, -0.05) is 61.0 Å². The molecule has 0 radical (unpaired) electrons. The second-order valence-corrected chi connectivity index (χ2v) is 18.9. The van der Waals surface area contributed by atoms with Gasteiger partial charge in [0.1, 0.15) is 11.4 Å². The molecule has 0 unspecified atom stereocenters. The van der Waals surface area contributed by atoms with Crippen LogP contribution in [0, 0.1) is 17.8 Å². The van der Waals surface area contributed by atoms with Crippen molar-refractivity contribution in [2.45, 2.75) is 81.6 Å². The first-order valence-corrected chi connectivity index (χ1v) is 21.3. The van der Waals surface area contributed by atoms with E-state index in [0.29, 0.717) is 36.8 Å². The fourth-order valence-corrected chi connectivity index (χ4v) is 11.3. The molecule has 10 heteroatoms. The first-order chi connectivity index (χ1) is 25.5. The summed E-state index contributed by atoms with van der Waals surface area (Å²) in [7, 11) is -2.11. The number of ether oxygens (including phenoxy) is 2. The molecule has 0 aromatic heterocycles. The van der Waals surface area contributed by atoms with Crippen LogP contribution in [0.1, 0.15) is 78.6 Å². The molecule has 3 heterocycles. The van der Waals surface area contributed by atoms with Crippen LogP contribution in [0.4, 0.5) is 5.69 Å². The van der Waals surface area contributed by atoms with Crippen molar-refractivity contribution in [1.82, 2.24) is 9.62 Å². The summed E-state index contributed by atoms with van der Waals surface area (Å²) >= 11 is 6.51. The van der Waals surface area contributed by atoms with E-state index in [0.717, 1.165) is 75.4 Å². The van der Waals surface area contributed by atoms with Crippen molar-refractivity contribution in [3.8, 4) is 5.75 Å². The highest BCUT2D eigenvalue weighted by Crippen LogP contribution is 2.49. The van der Waals surface area contributed by atoms with Crippen molar-refractivity contribution >= 4 is 33.2 Å². The van der Waals surface area contributed by atoms with Crippen LogP contribution >= 0.6 is 11.6 Å². The molecule has 1 N–H and O–H groups in total. The number of amides is 1. The Morgan fingerprint density at radius 3 is 2.64 bits per heavy atom. The molecule has 1 fully saturated rings. The number of nitrogens with one attached hydrogen (secondary N) is 1. The van der Waals surface area contributed by atoms with E-state index in [1.165, 1.54) is 22.3 Å². The number of carbonyl (C=O) groups excluding carboxylic acids is 1. The van der Waals surface area contributed by atoms with E-state index in [-0.39, 0.29) is 17.3 Å². The normalized spacial score (nSPS) is 31.8. The Kier molecular flexibility index (Phi) is 9.92. The van der Waals surface area contributed by atoms with E-state index in [4.69, 9.17) is 21.1 Å². The number of hydrogen-bond acceptors (Lipinski definition) is 7. The van der Waals surface area contributed by atoms with Gasteiger partial charge in [-0.15, -0.1) is 0 Å². The van der Waals surface area contributed by atoms with E-state index < -0.39 is 26.8 Å². The molecule has 8 rings (SSSR count). The van der Waals surface area contributed by atoms with E-state index in [1.807, 2.05) is 32.2 Å². The van der Waals surface area contributed by atoms with Crippen LogP contribution < -0.4 is 14.4 Å². The molecule has 1 spiro atoms. The smallest absolute Gasteiger partial charge is 0.264 e. The van der Waals surface area contributed by atoms with Gasteiger partial charge in [0.25, 0.3) is 5.91 Å². The van der Waals surface area contributed by atoms with Gasteiger partial charge >= 0.3 is 0 Å². The number of nitrogens with zero attached hydrogens (tertiary/aromatic N) is 2. The van der Waals surface area contributed by atoms with Crippen molar-refractivity contribution < 1.29 is 22.7 Å². The van der Waals surface area contributed by atoms with Crippen LogP contribution in [0.3, 0.4) is 0 Å². The maximum absolute atomic E-state index is 13.7. The highest BCUT2D eigenvalue weighted by atomic mass is 35.5. The monoisotopic (exact) mass is 757 g/mol. The molecule has 2 aliphatic carbocycles. The molecular formula is C43H52ClN3O5S. The third kappa shape index (κ3) is 6.92. The number of hydrogen-bond donors (Lipinski definition) is 1. The standard InChI is InChI=1S/C43H52ClN3O5S/c1-29-8-6-20-43(51-3,27-46-21-18-31-9-4-5-10-34(31)24-46)38-15-12-35(38)25-47-26-42(19-7-11-32-22-36(44)14-16-37(32)42)28-52-40-17-13-33(23-39(40)47)41(48)45-53(49,50)30(29)2/h4-6,9-10,13-14,16-17,20,22-23,29-30,35,38H,7-8,11-12,15,18-19,21,24-28H2,1-3H3,(H,45,48)/b20-6+/t29-,30+,35-,38+,42-,43+/m0/s1. The van der Waals surface area contributed by atoms with Crippen LogP contribution in [0.2, 0.25) is 5.02 Å². The van der Waals surface area contributed by atoms with Crippen LogP contribution in [0.25, 0.3) is 0 Å². The van der Waals surface area contributed by atoms with E-state index >= 15 is 0 Å². The number of allylic oxidation sites excluding steroid dienone is 1. The zero-order valence-corrected chi connectivity index (χ0v) is 32.7. The summed E-state index contributed by atoms with van der Waals surface area (Å²) < 4.78 is 43.1. The van der Waals surface area contributed by atoms with Crippen LogP contribution in [0.5, 0.6) is 5.75 Å².